The van der Waals surface area contributed by atoms with Crippen molar-refractivity contribution in [1.82, 2.24) is 10.2 Å². The maximum Gasteiger partial charge on any atom is 0.335 e. The smallest absolute Gasteiger partial charge is 0.335 e. The first kappa shape index (κ1) is 15.5. The lowest BCUT2D eigenvalue weighted by Gasteiger charge is -2.24. The molecule has 0 aliphatic heterocycles. The van der Waals surface area contributed by atoms with Crippen LogP contribution in [0, 0.1) is 0 Å². The van der Waals surface area contributed by atoms with Crippen LogP contribution in [0.3, 0.4) is 0 Å². The highest BCUT2D eigenvalue weighted by molar-refractivity contribution is 9.10. The van der Waals surface area contributed by atoms with E-state index in [1.165, 1.54) is 12.8 Å². The molecule has 1 fully saturated rings. The van der Waals surface area contributed by atoms with E-state index >= 15 is 0 Å². The lowest BCUT2D eigenvalue weighted by atomic mass is 10.1. The second-order valence-corrected chi connectivity index (χ2v) is 6.34. The van der Waals surface area contributed by atoms with Gasteiger partial charge in [-0.05, 0) is 44.5 Å². The van der Waals surface area contributed by atoms with Crippen molar-refractivity contribution in [3.05, 3.63) is 33.8 Å². The van der Waals surface area contributed by atoms with Crippen molar-refractivity contribution in [2.75, 3.05) is 13.6 Å². The highest BCUT2D eigenvalue weighted by Gasteiger charge is 2.28. The first-order valence-corrected chi connectivity index (χ1v) is 7.72. The molecule has 1 aromatic carbocycles. The van der Waals surface area contributed by atoms with Crippen LogP contribution in [0.15, 0.2) is 22.7 Å². The first-order chi connectivity index (χ1) is 9.49. The molecule has 0 saturated heterocycles. The fourth-order valence-corrected chi connectivity index (χ4v) is 2.74. The van der Waals surface area contributed by atoms with Crippen LogP contribution in [0.1, 0.15) is 35.7 Å². The Balaban J connectivity index is 1.83. The molecule has 2 N–H and O–H groups in total. The van der Waals surface area contributed by atoms with Crippen molar-refractivity contribution in [1.29, 1.82) is 0 Å². The van der Waals surface area contributed by atoms with Gasteiger partial charge in [-0.1, -0.05) is 22.0 Å². The van der Waals surface area contributed by atoms with Crippen LogP contribution >= 0.6 is 15.9 Å². The molecule has 0 radical (unpaired) electrons. The highest BCUT2D eigenvalue weighted by atomic mass is 79.9. The molecule has 0 amide bonds. The third-order valence-electron chi connectivity index (χ3n) is 3.87. The zero-order valence-electron chi connectivity index (χ0n) is 11.9. The van der Waals surface area contributed by atoms with E-state index in [0.29, 0.717) is 11.6 Å². The van der Waals surface area contributed by atoms with Crippen LogP contribution in [0.5, 0.6) is 0 Å². The quantitative estimate of drug-likeness (QED) is 0.801. The number of carboxylic acid groups (broad SMARTS) is 1. The second-order valence-electron chi connectivity index (χ2n) is 5.49. The van der Waals surface area contributed by atoms with Crippen LogP contribution in [0.4, 0.5) is 0 Å². The van der Waals surface area contributed by atoms with E-state index in [4.69, 9.17) is 5.11 Å². The molecule has 1 aliphatic carbocycles. The zero-order chi connectivity index (χ0) is 14.7. The Morgan fingerprint density at radius 2 is 2.25 bits per heavy atom. The molecule has 1 atom stereocenters. The van der Waals surface area contributed by atoms with Gasteiger partial charge in [-0.2, -0.15) is 0 Å². The number of aromatic carboxylic acids is 1. The number of halogens is 1. The third kappa shape index (κ3) is 4.04. The lowest BCUT2D eigenvalue weighted by Crippen LogP contribution is -2.38. The van der Waals surface area contributed by atoms with Gasteiger partial charge in [0.15, 0.2) is 0 Å². The molecular formula is C15H21BrN2O2. The second kappa shape index (κ2) is 6.70. The first-order valence-electron chi connectivity index (χ1n) is 6.93. The van der Waals surface area contributed by atoms with Crippen molar-refractivity contribution in [3.63, 3.8) is 0 Å². The predicted molar refractivity (Wildman–Crippen MR) is 83.1 cm³/mol. The van der Waals surface area contributed by atoms with Gasteiger partial charge >= 0.3 is 5.97 Å². The molecule has 4 nitrogen and oxygen atoms in total. The monoisotopic (exact) mass is 340 g/mol. The predicted octanol–water partition coefficient (Wildman–Crippen LogP) is 2.72. The summed E-state index contributed by atoms with van der Waals surface area (Å²) in [6, 6.07) is 6.44. The molecule has 0 aromatic heterocycles. The number of nitrogens with one attached hydrogen (secondary N) is 1. The Labute approximate surface area is 128 Å². The van der Waals surface area contributed by atoms with Crippen LogP contribution in [0.2, 0.25) is 0 Å². The third-order valence-corrected chi connectivity index (χ3v) is 4.61. The van der Waals surface area contributed by atoms with Gasteiger partial charge in [-0.15, -0.1) is 0 Å². The Hall–Kier alpha value is -0.910. The highest BCUT2D eigenvalue weighted by Crippen LogP contribution is 2.26. The van der Waals surface area contributed by atoms with Crippen molar-refractivity contribution in [2.45, 2.75) is 38.4 Å². The summed E-state index contributed by atoms with van der Waals surface area (Å²) < 4.78 is 0.841. The van der Waals surface area contributed by atoms with E-state index in [1.807, 2.05) is 6.07 Å². The number of hydrogen-bond donors (Lipinski definition) is 2. The Kier molecular flexibility index (Phi) is 5.18. The molecule has 1 aliphatic rings. The van der Waals surface area contributed by atoms with Gasteiger partial charge in [-0.3, -0.25) is 4.90 Å². The van der Waals surface area contributed by atoms with Gasteiger partial charge in [0.05, 0.1) is 5.56 Å². The molecule has 20 heavy (non-hydrogen) atoms. The number of carbonyl (C=O) groups is 1. The van der Waals surface area contributed by atoms with Crippen molar-refractivity contribution < 1.29 is 9.90 Å². The maximum atomic E-state index is 10.9. The van der Waals surface area contributed by atoms with Crippen molar-refractivity contribution in [2.24, 2.45) is 0 Å². The van der Waals surface area contributed by atoms with E-state index in [-0.39, 0.29) is 0 Å². The summed E-state index contributed by atoms with van der Waals surface area (Å²) >= 11 is 3.43. The minimum absolute atomic E-state index is 0.308. The van der Waals surface area contributed by atoms with Crippen molar-refractivity contribution in [3.8, 4) is 0 Å². The average Bonchev–Trinajstić information content (AvgIpc) is 3.23. The lowest BCUT2D eigenvalue weighted by molar-refractivity contribution is 0.0697. The topological polar surface area (TPSA) is 52.6 Å². The standard InChI is InChI=1S/C15H21BrN2O2/c1-10(18(2)13-5-6-13)8-17-9-12-4-3-11(15(19)20)7-14(12)16/h3-4,7,10,13,17H,5-6,8-9H2,1-2H3,(H,19,20). The van der Waals surface area contributed by atoms with Gasteiger partial charge in [-0.25, -0.2) is 4.79 Å². The van der Waals surface area contributed by atoms with E-state index in [9.17, 15) is 4.79 Å². The SMILES string of the molecule is CC(CNCc1ccc(C(=O)O)cc1Br)N(C)C1CC1. The molecular weight excluding hydrogens is 320 g/mol. The average molecular weight is 341 g/mol. The minimum Gasteiger partial charge on any atom is -0.478 e. The molecule has 0 spiro atoms. The summed E-state index contributed by atoms with van der Waals surface area (Å²) in [6.07, 6.45) is 2.64. The molecule has 5 heteroatoms. The van der Waals surface area contributed by atoms with E-state index in [2.05, 4.69) is 40.1 Å². The molecule has 0 heterocycles. The maximum absolute atomic E-state index is 10.9. The van der Waals surface area contributed by atoms with Crippen molar-refractivity contribution >= 4 is 21.9 Å². The van der Waals surface area contributed by atoms with Crippen LogP contribution in [-0.4, -0.2) is 41.7 Å². The molecule has 110 valence electrons. The summed E-state index contributed by atoms with van der Waals surface area (Å²) in [7, 11) is 2.18. The normalized spacial score (nSPS) is 16.4. The van der Waals surface area contributed by atoms with E-state index < -0.39 is 5.97 Å². The Morgan fingerprint density at radius 1 is 1.55 bits per heavy atom. The Morgan fingerprint density at radius 3 is 2.80 bits per heavy atom. The summed E-state index contributed by atoms with van der Waals surface area (Å²) in [5, 5.41) is 12.4. The van der Waals surface area contributed by atoms with Gasteiger partial charge in [0.1, 0.15) is 0 Å². The number of benzene rings is 1. The minimum atomic E-state index is -0.898. The summed E-state index contributed by atoms with van der Waals surface area (Å²) in [5.41, 5.74) is 1.39. The molecule has 2 rings (SSSR count). The van der Waals surface area contributed by atoms with Crippen LogP contribution < -0.4 is 5.32 Å². The molecule has 1 aromatic rings. The number of nitrogens with zero attached hydrogens (tertiary/aromatic N) is 1. The van der Waals surface area contributed by atoms with Gasteiger partial charge in [0.2, 0.25) is 0 Å². The number of rotatable bonds is 7. The number of likely N-dealkylation sites (N-methyl/N-ethyl adjacent to an activating group) is 1. The van der Waals surface area contributed by atoms with Gasteiger partial charge in [0.25, 0.3) is 0 Å². The van der Waals surface area contributed by atoms with E-state index in [1.54, 1.807) is 12.1 Å². The van der Waals surface area contributed by atoms with Crippen LogP contribution in [0.25, 0.3) is 0 Å². The van der Waals surface area contributed by atoms with Crippen LogP contribution in [-0.2, 0) is 6.54 Å². The number of carboxylic acids is 1. The molecule has 0 bridgehead atoms. The molecule has 1 unspecified atom stereocenters. The Bertz CT molecular complexity index is 489. The molecule has 1 saturated carbocycles. The summed E-state index contributed by atoms with van der Waals surface area (Å²) in [6.45, 7) is 3.90. The zero-order valence-corrected chi connectivity index (χ0v) is 13.5. The van der Waals surface area contributed by atoms with Gasteiger partial charge in [0, 0.05) is 29.6 Å². The fraction of sp³-hybridized carbons (Fsp3) is 0.533. The van der Waals surface area contributed by atoms with Gasteiger partial charge < -0.3 is 10.4 Å². The summed E-state index contributed by atoms with van der Waals surface area (Å²) in [5.74, 6) is -0.898. The summed E-state index contributed by atoms with van der Waals surface area (Å²) in [4.78, 5) is 13.3. The fourth-order valence-electron chi connectivity index (χ4n) is 2.23. The largest absolute Gasteiger partial charge is 0.478 e. The van der Waals surface area contributed by atoms with E-state index in [0.717, 1.165) is 29.2 Å². The number of hydrogen-bond acceptors (Lipinski definition) is 3.